The van der Waals surface area contributed by atoms with Gasteiger partial charge in [-0.25, -0.2) is 9.59 Å². The first-order valence-electron chi connectivity index (χ1n) is 7.42. The van der Waals surface area contributed by atoms with Crippen LogP contribution in [0.2, 0.25) is 0 Å². The molecule has 0 spiro atoms. The Balaban J connectivity index is 2.33. The Hall–Kier alpha value is -3.04. The Kier molecular flexibility index (Phi) is 5.24. The van der Waals surface area contributed by atoms with E-state index in [9.17, 15) is 27.6 Å². The molecule has 0 unspecified atom stereocenters. The summed E-state index contributed by atoms with van der Waals surface area (Å²) in [5.74, 6) is -3.16. The number of aromatic nitrogens is 1. The number of rotatable bonds is 3. The molecule has 0 aliphatic rings. The van der Waals surface area contributed by atoms with Crippen LogP contribution in [-0.4, -0.2) is 35.3 Å². The summed E-state index contributed by atoms with van der Waals surface area (Å²) in [5.41, 5.74) is 1.48. The Bertz CT molecular complexity index is 886. The van der Waals surface area contributed by atoms with E-state index in [-0.39, 0.29) is 17.9 Å². The molecule has 0 radical (unpaired) electrons. The normalized spacial score (nSPS) is 11.3. The maximum atomic E-state index is 12.2. The molecule has 2 rings (SSSR count). The highest BCUT2D eigenvalue weighted by atomic mass is 19.4. The van der Waals surface area contributed by atoms with Crippen molar-refractivity contribution < 1.29 is 37.0 Å². The third-order valence-corrected chi connectivity index (χ3v) is 3.63. The van der Waals surface area contributed by atoms with Gasteiger partial charge in [0.2, 0.25) is 0 Å². The molecule has 10 heteroatoms. The molecule has 2 aromatic rings. The molecule has 0 saturated heterocycles. The maximum absolute atomic E-state index is 12.2. The van der Waals surface area contributed by atoms with E-state index in [1.165, 1.54) is 18.2 Å². The van der Waals surface area contributed by atoms with E-state index in [0.29, 0.717) is 16.6 Å². The molecule has 1 aromatic heterocycles. The van der Waals surface area contributed by atoms with Crippen molar-refractivity contribution in [1.29, 1.82) is 0 Å². The van der Waals surface area contributed by atoms with Gasteiger partial charge in [-0.2, -0.15) is 13.2 Å². The Morgan fingerprint density at radius 2 is 1.88 bits per heavy atom. The number of alkyl halides is 3. The molecule has 2 amide bonds. The first-order chi connectivity index (χ1) is 12.1. The van der Waals surface area contributed by atoms with Crippen LogP contribution in [0.15, 0.2) is 18.2 Å². The summed E-state index contributed by atoms with van der Waals surface area (Å²) >= 11 is 0. The summed E-state index contributed by atoms with van der Waals surface area (Å²) in [6, 6.07) is 4.17. The van der Waals surface area contributed by atoms with Crippen LogP contribution < -0.4 is 10.1 Å². The second kappa shape index (κ2) is 7.06. The highest BCUT2D eigenvalue weighted by molar-refractivity contribution is 6.06. The van der Waals surface area contributed by atoms with Crippen LogP contribution in [0.1, 0.15) is 23.0 Å². The first kappa shape index (κ1) is 19.3. The molecule has 0 fully saturated rings. The predicted molar refractivity (Wildman–Crippen MR) is 83.8 cm³/mol. The van der Waals surface area contributed by atoms with E-state index in [4.69, 9.17) is 9.47 Å². The van der Waals surface area contributed by atoms with Gasteiger partial charge in [-0.15, -0.1) is 0 Å². The van der Waals surface area contributed by atoms with Gasteiger partial charge in [-0.1, -0.05) is 0 Å². The number of halogens is 3. The molecule has 1 aromatic carbocycles. The van der Waals surface area contributed by atoms with Gasteiger partial charge in [0.05, 0.1) is 12.2 Å². The Labute approximate surface area is 145 Å². The van der Waals surface area contributed by atoms with Crippen molar-refractivity contribution in [2.45, 2.75) is 20.0 Å². The average Bonchev–Trinajstić information content (AvgIpc) is 2.77. The zero-order valence-corrected chi connectivity index (χ0v) is 14.1. The molecule has 0 atom stereocenters. The predicted octanol–water partition coefficient (Wildman–Crippen LogP) is 2.84. The van der Waals surface area contributed by atoms with Crippen molar-refractivity contribution in [3.05, 3.63) is 29.5 Å². The number of benzene rings is 1. The van der Waals surface area contributed by atoms with E-state index in [0.717, 1.165) is 5.32 Å². The number of hydrogen-bond acceptors (Lipinski definition) is 5. The summed E-state index contributed by atoms with van der Waals surface area (Å²) in [4.78, 5) is 34.3. The highest BCUT2D eigenvalue weighted by Crippen LogP contribution is 2.29. The van der Waals surface area contributed by atoms with Gasteiger partial charge < -0.3 is 14.0 Å². The molecule has 0 aliphatic heterocycles. The van der Waals surface area contributed by atoms with E-state index in [1.54, 1.807) is 25.5 Å². The van der Waals surface area contributed by atoms with E-state index >= 15 is 0 Å². The number of imide groups is 1. The molecule has 0 saturated carbocycles. The summed E-state index contributed by atoms with van der Waals surface area (Å²) < 4.78 is 47.9. The average molecular weight is 372 g/mol. The topological polar surface area (TPSA) is 86.6 Å². The number of fused-ring (bicyclic) bond motifs is 1. The van der Waals surface area contributed by atoms with Gasteiger partial charge in [-0.3, -0.25) is 10.1 Å². The summed E-state index contributed by atoms with van der Waals surface area (Å²) in [5, 5.41) is 1.47. The van der Waals surface area contributed by atoms with Crippen molar-refractivity contribution in [3.8, 4) is 5.75 Å². The number of carbonyl (C=O) groups excluding carboxylic acids is 3. The van der Waals surface area contributed by atoms with Crippen molar-refractivity contribution in [2.24, 2.45) is 7.05 Å². The van der Waals surface area contributed by atoms with Gasteiger partial charge in [0, 0.05) is 23.6 Å². The summed E-state index contributed by atoms with van der Waals surface area (Å²) in [6.45, 7) is 3.50. The number of aryl methyl sites for hydroxylation is 1. The fourth-order valence-corrected chi connectivity index (χ4v) is 2.37. The second-order valence-electron chi connectivity index (χ2n) is 5.26. The van der Waals surface area contributed by atoms with Crippen molar-refractivity contribution in [3.63, 3.8) is 0 Å². The number of carbonyl (C=O) groups is 3. The van der Waals surface area contributed by atoms with Gasteiger partial charge >= 0.3 is 24.1 Å². The molecular formula is C16H15F3N2O5. The largest absolute Gasteiger partial charge is 0.471 e. The van der Waals surface area contributed by atoms with Crippen LogP contribution in [0.5, 0.6) is 5.75 Å². The minimum absolute atomic E-state index is 0.138. The summed E-state index contributed by atoms with van der Waals surface area (Å²) in [7, 11) is 1.72. The van der Waals surface area contributed by atoms with Gasteiger partial charge in [0.1, 0.15) is 5.75 Å². The maximum Gasteiger partial charge on any atom is 0.471 e. The summed E-state index contributed by atoms with van der Waals surface area (Å²) in [6.07, 6.45) is -6.80. The van der Waals surface area contributed by atoms with Crippen molar-refractivity contribution >= 4 is 28.9 Å². The van der Waals surface area contributed by atoms with Crippen LogP contribution in [-0.2, 0) is 16.6 Å². The zero-order chi connectivity index (χ0) is 19.6. The van der Waals surface area contributed by atoms with E-state index in [1.807, 2.05) is 0 Å². The standard InChI is InChI=1S/C16H15F3N2O5/c1-4-25-13(22)12-8(2)21(3)11-6-5-9(7-10(11)12)26-15(24)20-14(23)16(17,18)19/h5-7H,4H2,1-3H3,(H,20,23,24). The molecule has 1 N–H and O–H groups in total. The lowest BCUT2D eigenvalue weighted by molar-refractivity contribution is -0.172. The van der Waals surface area contributed by atoms with Crippen LogP contribution in [0.4, 0.5) is 18.0 Å². The van der Waals surface area contributed by atoms with Gasteiger partial charge in [-0.05, 0) is 32.0 Å². The third kappa shape index (κ3) is 3.79. The van der Waals surface area contributed by atoms with E-state index in [2.05, 4.69) is 0 Å². The Morgan fingerprint density at radius 3 is 2.46 bits per heavy atom. The number of amides is 2. The van der Waals surface area contributed by atoms with Crippen LogP contribution in [0, 0.1) is 6.92 Å². The minimum Gasteiger partial charge on any atom is -0.462 e. The fourth-order valence-electron chi connectivity index (χ4n) is 2.37. The molecule has 140 valence electrons. The number of hydrogen-bond donors (Lipinski definition) is 1. The van der Waals surface area contributed by atoms with Gasteiger partial charge in [0.25, 0.3) is 0 Å². The molecule has 1 heterocycles. The highest BCUT2D eigenvalue weighted by Gasteiger charge is 2.40. The lowest BCUT2D eigenvalue weighted by Gasteiger charge is -2.08. The van der Waals surface area contributed by atoms with Crippen LogP contribution >= 0.6 is 0 Å². The number of ether oxygens (including phenoxy) is 2. The van der Waals surface area contributed by atoms with Crippen LogP contribution in [0.3, 0.4) is 0 Å². The SMILES string of the molecule is CCOC(=O)c1c(C)n(C)c2ccc(OC(=O)NC(=O)C(F)(F)F)cc12. The minimum atomic E-state index is -5.21. The third-order valence-electron chi connectivity index (χ3n) is 3.63. The number of nitrogens with one attached hydrogen (secondary N) is 1. The lowest BCUT2D eigenvalue weighted by Crippen LogP contribution is -2.41. The van der Waals surface area contributed by atoms with Crippen molar-refractivity contribution in [1.82, 2.24) is 9.88 Å². The monoisotopic (exact) mass is 372 g/mol. The molecule has 26 heavy (non-hydrogen) atoms. The molecular weight excluding hydrogens is 357 g/mol. The quantitative estimate of drug-likeness (QED) is 0.838. The Morgan fingerprint density at radius 1 is 1.23 bits per heavy atom. The van der Waals surface area contributed by atoms with Crippen LogP contribution in [0.25, 0.3) is 10.9 Å². The second-order valence-corrected chi connectivity index (χ2v) is 5.26. The van der Waals surface area contributed by atoms with Crippen molar-refractivity contribution in [2.75, 3.05) is 6.61 Å². The van der Waals surface area contributed by atoms with E-state index < -0.39 is 24.1 Å². The fraction of sp³-hybridized carbons (Fsp3) is 0.312. The first-order valence-corrected chi connectivity index (χ1v) is 7.42. The smallest absolute Gasteiger partial charge is 0.462 e. The van der Waals surface area contributed by atoms with Gasteiger partial charge in [0.15, 0.2) is 0 Å². The number of esters is 1. The molecule has 7 nitrogen and oxygen atoms in total. The number of nitrogens with zero attached hydrogens (tertiary/aromatic N) is 1. The molecule has 0 aliphatic carbocycles. The lowest BCUT2D eigenvalue weighted by atomic mass is 10.1. The zero-order valence-electron chi connectivity index (χ0n) is 14.1. The molecule has 0 bridgehead atoms.